The minimum atomic E-state index is -0.371. The summed E-state index contributed by atoms with van der Waals surface area (Å²) in [5.74, 6) is 0.786. The fraction of sp³-hybridized carbons (Fsp3) is 0.909. The first-order chi connectivity index (χ1) is 7.00. The van der Waals surface area contributed by atoms with Crippen molar-refractivity contribution >= 4 is 30.7 Å². The molecule has 1 amide bonds. The molecule has 104 valence electrons. The zero-order chi connectivity index (χ0) is 11.4. The van der Waals surface area contributed by atoms with Gasteiger partial charge in [0.05, 0.1) is 6.04 Å². The van der Waals surface area contributed by atoms with Gasteiger partial charge in [-0.15, -0.1) is 24.8 Å². The van der Waals surface area contributed by atoms with Gasteiger partial charge >= 0.3 is 0 Å². The molecule has 1 fully saturated rings. The second-order valence-electron chi connectivity index (χ2n) is 4.93. The number of carbonyl (C=O) groups excluding carboxylic acids is 1. The number of amides is 1. The maximum Gasteiger partial charge on any atom is 0.237 e. The Morgan fingerprint density at radius 1 is 1.47 bits per heavy atom. The van der Waals surface area contributed by atoms with Gasteiger partial charge in [0.15, 0.2) is 0 Å². The lowest BCUT2D eigenvalue weighted by atomic mass is 10.0. The Hall–Kier alpha value is -0.0300. The van der Waals surface area contributed by atoms with Crippen LogP contribution in [-0.4, -0.2) is 43.5 Å². The van der Waals surface area contributed by atoms with E-state index in [1.807, 2.05) is 13.8 Å². The molecule has 1 rings (SSSR count). The number of hydrogen-bond donors (Lipinski definition) is 2. The van der Waals surface area contributed by atoms with Gasteiger partial charge in [-0.2, -0.15) is 0 Å². The Labute approximate surface area is 117 Å². The molecule has 3 N–H and O–H groups in total. The highest BCUT2D eigenvalue weighted by molar-refractivity contribution is 5.85. The molecule has 1 aliphatic heterocycles. The maximum atomic E-state index is 11.6. The van der Waals surface area contributed by atoms with E-state index in [1.54, 1.807) is 0 Å². The molecule has 2 atom stereocenters. The Kier molecular flexibility index (Phi) is 10.2. The predicted octanol–water partition coefficient (Wildman–Crippen LogP) is 0.881. The van der Waals surface area contributed by atoms with E-state index in [9.17, 15) is 4.79 Å². The lowest BCUT2D eigenvalue weighted by molar-refractivity contribution is -0.123. The van der Waals surface area contributed by atoms with Crippen LogP contribution in [0, 0.1) is 11.8 Å². The van der Waals surface area contributed by atoms with Crippen molar-refractivity contribution in [2.75, 3.05) is 26.7 Å². The van der Waals surface area contributed by atoms with Crippen molar-refractivity contribution in [3.63, 3.8) is 0 Å². The van der Waals surface area contributed by atoms with Crippen LogP contribution in [0.5, 0.6) is 0 Å². The third-order valence-corrected chi connectivity index (χ3v) is 3.07. The molecular formula is C11H25Cl2N3O. The number of nitrogens with two attached hydrogens (primary N) is 1. The molecule has 0 saturated carbocycles. The molecule has 17 heavy (non-hydrogen) atoms. The second kappa shape index (κ2) is 8.97. The van der Waals surface area contributed by atoms with E-state index in [0.29, 0.717) is 5.92 Å². The molecule has 1 heterocycles. The third-order valence-electron chi connectivity index (χ3n) is 3.07. The molecule has 0 aliphatic carbocycles. The second-order valence-corrected chi connectivity index (χ2v) is 4.93. The van der Waals surface area contributed by atoms with Gasteiger partial charge in [0.1, 0.15) is 0 Å². The Morgan fingerprint density at radius 3 is 2.47 bits per heavy atom. The predicted molar refractivity (Wildman–Crippen MR) is 75.9 cm³/mol. The first kappa shape index (κ1) is 19.3. The van der Waals surface area contributed by atoms with Crippen LogP contribution >= 0.6 is 24.8 Å². The van der Waals surface area contributed by atoms with Gasteiger partial charge in [-0.3, -0.25) is 4.79 Å². The SMILES string of the molecule is CC(C)[C@@H](N)C(=O)NCC1CCN(C)C1.Cl.Cl. The minimum absolute atomic E-state index is 0. The molecule has 0 spiro atoms. The highest BCUT2D eigenvalue weighted by Gasteiger charge is 2.22. The van der Waals surface area contributed by atoms with Crippen LogP contribution in [0.1, 0.15) is 20.3 Å². The number of nitrogens with zero attached hydrogens (tertiary/aromatic N) is 1. The lowest BCUT2D eigenvalue weighted by Gasteiger charge is -2.17. The van der Waals surface area contributed by atoms with Crippen LogP contribution in [-0.2, 0) is 4.79 Å². The molecule has 4 nitrogen and oxygen atoms in total. The third kappa shape index (κ3) is 6.46. The molecule has 6 heteroatoms. The van der Waals surface area contributed by atoms with Crippen LogP contribution in [0.4, 0.5) is 0 Å². The van der Waals surface area contributed by atoms with Crippen molar-refractivity contribution in [1.82, 2.24) is 10.2 Å². The largest absolute Gasteiger partial charge is 0.354 e. The van der Waals surface area contributed by atoms with E-state index in [4.69, 9.17) is 5.73 Å². The van der Waals surface area contributed by atoms with E-state index in [2.05, 4.69) is 17.3 Å². The normalized spacial score (nSPS) is 21.6. The van der Waals surface area contributed by atoms with Gasteiger partial charge < -0.3 is 16.0 Å². The summed E-state index contributed by atoms with van der Waals surface area (Å²) in [5, 5.41) is 2.94. The summed E-state index contributed by atoms with van der Waals surface area (Å²) >= 11 is 0. The first-order valence-electron chi connectivity index (χ1n) is 5.72. The molecule has 1 saturated heterocycles. The van der Waals surface area contributed by atoms with E-state index < -0.39 is 0 Å². The fourth-order valence-electron chi connectivity index (χ4n) is 1.86. The van der Waals surface area contributed by atoms with Crippen LogP contribution in [0.25, 0.3) is 0 Å². The van der Waals surface area contributed by atoms with Crippen LogP contribution in [0.2, 0.25) is 0 Å². The maximum absolute atomic E-state index is 11.6. The smallest absolute Gasteiger partial charge is 0.237 e. The molecule has 0 aromatic carbocycles. The summed E-state index contributed by atoms with van der Waals surface area (Å²) in [7, 11) is 2.11. The summed E-state index contributed by atoms with van der Waals surface area (Å²) in [4.78, 5) is 13.9. The van der Waals surface area contributed by atoms with Gasteiger partial charge in [0, 0.05) is 13.1 Å². The zero-order valence-electron chi connectivity index (χ0n) is 10.8. The molecule has 1 aliphatic rings. The van der Waals surface area contributed by atoms with Gasteiger partial charge in [0.25, 0.3) is 0 Å². The topological polar surface area (TPSA) is 58.4 Å². The van der Waals surface area contributed by atoms with Crippen molar-refractivity contribution in [2.45, 2.75) is 26.3 Å². The highest BCUT2D eigenvalue weighted by atomic mass is 35.5. The van der Waals surface area contributed by atoms with Gasteiger partial charge in [-0.25, -0.2) is 0 Å². The number of nitrogens with one attached hydrogen (secondary N) is 1. The van der Waals surface area contributed by atoms with Crippen molar-refractivity contribution < 1.29 is 4.79 Å². The highest BCUT2D eigenvalue weighted by Crippen LogP contribution is 2.12. The number of halogens is 2. The first-order valence-corrected chi connectivity index (χ1v) is 5.72. The lowest BCUT2D eigenvalue weighted by Crippen LogP contribution is -2.45. The summed E-state index contributed by atoms with van der Waals surface area (Å²) in [6, 6.07) is -0.371. The quantitative estimate of drug-likeness (QED) is 0.806. The fourth-order valence-corrected chi connectivity index (χ4v) is 1.86. The van der Waals surface area contributed by atoms with E-state index in [1.165, 1.54) is 6.42 Å². The minimum Gasteiger partial charge on any atom is -0.354 e. The van der Waals surface area contributed by atoms with Crippen molar-refractivity contribution in [3.8, 4) is 0 Å². The van der Waals surface area contributed by atoms with Crippen molar-refractivity contribution in [2.24, 2.45) is 17.6 Å². The molecule has 0 radical (unpaired) electrons. The monoisotopic (exact) mass is 285 g/mol. The Bertz CT molecular complexity index is 227. The van der Waals surface area contributed by atoms with E-state index in [-0.39, 0.29) is 42.7 Å². The van der Waals surface area contributed by atoms with Gasteiger partial charge in [-0.1, -0.05) is 13.8 Å². The molecule has 0 aromatic rings. The van der Waals surface area contributed by atoms with Gasteiger partial charge in [0.2, 0.25) is 5.91 Å². The number of hydrogen-bond acceptors (Lipinski definition) is 3. The van der Waals surface area contributed by atoms with Crippen molar-refractivity contribution in [3.05, 3.63) is 0 Å². The molecular weight excluding hydrogens is 261 g/mol. The van der Waals surface area contributed by atoms with E-state index in [0.717, 1.165) is 19.6 Å². The van der Waals surface area contributed by atoms with Crippen LogP contribution in [0.15, 0.2) is 0 Å². The van der Waals surface area contributed by atoms with Gasteiger partial charge in [-0.05, 0) is 31.8 Å². The summed E-state index contributed by atoms with van der Waals surface area (Å²) in [6.45, 7) is 6.92. The zero-order valence-corrected chi connectivity index (χ0v) is 12.4. The molecule has 0 aromatic heterocycles. The average molecular weight is 286 g/mol. The number of carbonyl (C=O) groups is 1. The van der Waals surface area contributed by atoms with Crippen molar-refractivity contribution in [1.29, 1.82) is 0 Å². The Morgan fingerprint density at radius 2 is 2.06 bits per heavy atom. The Balaban J connectivity index is 0. The standard InChI is InChI=1S/C11H23N3O.2ClH/c1-8(2)10(12)11(15)13-6-9-4-5-14(3)7-9;;/h8-10H,4-7,12H2,1-3H3,(H,13,15);2*1H/t9?,10-;;/m1../s1. The summed E-state index contributed by atoms with van der Waals surface area (Å²) < 4.78 is 0. The number of rotatable bonds is 4. The number of likely N-dealkylation sites (tertiary alicyclic amines) is 1. The van der Waals surface area contributed by atoms with Crippen LogP contribution < -0.4 is 11.1 Å². The summed E-state index contributed by atoms with van der Waals surface area (Å²) in [6.07, 6.45) is 1.17. The average Bonchev–Trinajstić information content (AvgIpc) is 2.59. The molecule has 1 unspecified atom stereocenters. The summed E-state index contributed by atoms with van der Waals surface area (Å²) in [5.41, 5.74) is 5.75. The van der Waals surface area contributed by atoms with E-state index >= 15 is 0 Å². The molecule has 0 bridgehead atoms. The van der Waals surface area contributed by atoms with Crippen LogP contribution in [0.3, 0.4) is 0 Å².